The minimum absolute atomic E-state index is 0. The second kappa shape index (κ2) is 11.7. The first-order chi connectivity index (χ1) is 10.5. The Balaban J connectivity index is 0.00000484. The van der Waals surface area contributed by atoms with Crippen molar-refractivity contribution in [1.29, 1.82) is 0 Å². The van der Waals surface area contributed by atoms with E-state index in [9.17, 15) is 0 Å². The van der Waals surface area contributed by atoms with E-state index in [-0.39, 0.29) is 24.0 Å². The largest absolute Gasteiger partial charge is 0.378 e. The SMILES string of the molecule is CCOC(CCNC(=NC)N(C)Cc1cccn1C)C(C)C.I. The molecule has 0 fully saturated rings. The van der Waals surface area contributed by atoms with Gasteiger partial charge in [-0.2, -0.15) is 0 Å². The van der Waals surface area contributed by atoms with Crippen LogP contribution < -0.4 is 5.32 Å². The molecule has 1 heterocycles. The van der Waals surface area contributed by atoms with E-state index in [0.717, 1.165) is 32.1 Å². The van der Waals surface area contributed by atoms with Crippen LogP contribution in [0.4, 0.5) is 0 Å². The van der Waals surface area contributed by atoms with Crippen LogP contribution in [0.3, 0.4) is 0 Å². The van der Waals surface area contributed by atoms with Gasteiger partial charge in [0.1, 0.15) is 0 Å². The highest BCUT2D eigenvalue weighted by molar-refractivity contribution is 14.0. The first-order valence-corrected chi connectivity index (χ1v) is 8.13. The summed E-state index contributed by atoms with van der Waals surface area (Å²) in [5, 5.41) is 3.43. The summed E-state index contributed by atoms with van der Waals surface area (Å²) in [7, 11) is 5.95. The molecule has 1 rings (SSSR count). The third-order valence-electron chi connectivity index (χ3n) is 3.86. The van der Waals surface area contributed by atoms with Crippen LogP contribution in [0.5, 0.6) is 0 Å². The van der Waals surface area contributed by atoms with Gasteiger partial charge in [-0.05, 0) is 31.4 Å². The number of aliphatic imine (C=N–C) groups is 1. The van der Waals surface area contributed by atoms with Gasteiger partial charge in [-0.15, -0.1) is 24.0 Å². The molecule has 23 heavy (non-hydrogen) atoms. The third-order valence-corrected chi connectivity index (χ3v) is 3.86. The maximum atomic E-state index is 5.78. The summed E-state index contributed by atoms with van der Waals surface area (Å²) in [5.41, 5.74) is 1.26. The van der Waals surface area contributed by atoms with E-state index in [0.29, 0.717) is 12.0 Å². The van der Waals surface area contributed by atoms with Gasteiger partial charge >= 0.3 is 0 Å². The molecule has 0 spiro atoms. The van der Waals surface area contributed by atoms with E-state index >= 15 is 0 Å². The van der Waals surface area contributed by atoms with Gasteiger partial charge in [-0.3, -0.25) is 4.99 Å². The highest BCUT2D eigenvalue weighted by Gasteiger charge is 2.14. The molecule has 0 aliphatic carbocycles. The summed E-state index contributed by atoms with van der Waals surface area (Å²) in [6.07, 6.45) is 3.35. The fourth-order valence-electron chi connectivity index (χ4n) is 2.51. The van der Waals surface area contributed by atoms with E-state index in [1.165, 1.54) is 5.69 Å². The highest BCUT2D eigenvalue weighted by atomic mass is 127. The first kappa shape index (κ1) is 22.2. The Hall–Kier alpha value is -0.760. The molecule has 1 unspecified atom stereocenters. The predicted molar refractivity (Wildman–Crippen MR) is 109 cm³/mol. The molecule has 0 aliphatic heterocycles. The lowest BCUT2D eigenvalue weighted by atomic mass is 10.0. The molecule has 1 N–H and O–H groups in total. The number of nitrogens with one attached hydrogen (secondary N) is 1. The highest BCUT2D eigenvalue weighted by Crippen LogP contribution is 2.10. The summed E-state index contributed by atoms with van der Waals surface area (Å²) < 4.78 is 7.92. The summed E-state index contributed by atoms with van der Waals surface area (Å²) in [4.78, 5) is 6.51. The molecule has 6 heteroatoms. The van der Waals surface area contributed by atoms with E-state index in [1.54, 1.807) is 0 Å². The summed E-state index contributed by atoms with van der Waals surface area (Å²) >= 11 is 0. The van der Waals surface area contributed by atoms with Crippen molar-refractivity contribution in [2.24, 2.45) is 18.0 Å². The van der Waals surface area contributed by atoms with Crippen molar-refractivity contribution >= 4 is 29.9 Å². The van der Waals surface area contributed by atoms with Crippen molar-refractivity contribution in [2.75, 3.05) is 27.2 Å². The average Bonchev–Trinajstić information content (AvgIpc) is 2.87. The quantitative estimate of drug-likeness (QED) is 0.387. The van der Waals surface area contributed by atoms with Crippen molar-refractivity contribution in [2.45, 2.75) is 39.8 Å². The van der Waals surface area contributed by atoms with E-state index in [4.69, 9.17) is 4.74 Å². The number of guanidine groups is 1. The molecule has 0 saturated carbocycles. The van der Waals surface area contributed by atoms with Gasteiger partial charge < -0.3 is 19.5 Å². The van der Waals surface area contributed by atoms with Crippen LogP contribution >= 0.6 is 24.0 Å². The molecule has 0 amide bonds. The minimum Gasteiger partial charge on any atom is -0.378 e. The second-order valence-corrected chi connectivity index (χ2v) is 5.97. The molecular weight excluding hydrogens is 403 g/mol. The maximum absolute atomic E-state index is 5.78. The van der Waals surface area contributed by atoms with E-state index in [2.05, 4.69) is 73.0 Å². The zero-order valence-corrected chi connectivity index (χ0v) is 17.7. The first-order valence-electron chi connectivity index (χ1n) is 8.13. The molecule has 1 atom stereocenters. The Bertz CT molecular complexity index is 459. The normalized spacial score (nSPS) is 12.9. The summed E-state index contributed by atoms with van der Waals surface area (Å²) in [6.45, 7) is 8.93. The number of aromatic nitrogens is 1. The van der Waals surface area contributed by atoms with Crippen LogP contribution in [0.25, 0.3) is 0 Å². The zero-order chi connectivity index (χ0) is 16.5. The molecule has 1 aromatic heterocycles. The van der Waals surface area contributed by atoms with Crippen LogP contribution in [0, 0.1) is 5.92 Å². The fraction of sp³-hybridized carbons (Fsp3) is 0.706. The number of aryl methyl sites for hydroxylation is 1. The third kappa shape index (κ3) is 7.56. The smallest absolute Gasteiger partial charge is 0.193 e. The predicted octanol–water partition coefficient (Wildman–Crippen LogP) is 3.10. The number of ether oxygens (including phenoxy) is 1. The van der Waals surface area contributed by atoms with E-state index in [1.807, 2.05) is 7.05 Å². The lowest BCUT2D eigenvalue weighted by molar-refractivity contribution is 0.0257. The van der Waals surface area contributed by atoms with Crippen LogP contribution in [0.1, 0.15) is 32.9 Å². The average molecular weight is 436 g/mol. The van der Waals surface area contributed by atoms with Gasteiger partial charge in [0.2, 0.25) is 0 Å². The van der Waals surface area contributed by atoms with Gasteiger partial charge in [0.25, 0.3) is 0 Å². The van der Waals surface area contributed by atoms with Crippen molar-refractivity contribution < 1.29 is 4.74 Å². The number of nitrogens with zero attached hydrogens (tertiary/aromatic N) is 3. The number of rotatable bonds is 8. The minimum atomic E-state index is 0. The van der Waals surface area contributed by atoms with Crippen LogP contribution in [-0.2, 0) is 18.3 Å². The van der Waals surface area contributed by atoms with E-state index < -0.39 is 0 Å². The monoisotopic (exact) mass is 436 g/mol. The van der Waals surface area contributed by atoms with Gasteiger partial charge in [0.05, 0.1) is 12.6 Å². The van der Waals surface area contributed by atoms with Gasteiger partial charge in [0, 0.05) is 46.2 Å². The molecule has 0 bridgehead atoms. The second-order valence-electron chi connectivity index (χ2n) is 5.97. The van der Waals surface area contributed by atoms with Crippen molar-refractivity contribution in [1.82, 2.24) is 14.8 Å². The van der Waals surface area contributed by atoms with Gasteiger partial charge in [-0.1, -0.05) is 13.8 Å². The Labute approximate surface area is 158 Å². The van der Waals surface area contributed by atoms with Gasteiger partial charge in [-0.25, -0.2) is 0 Å². The van der Waals surface area contributed by atoms with Crippen LogP contribution in [0.15, 0.2) is 23.3 Å². The standard InChI is InChI=1S/C17H32N4O.HI/c1-7-22-16(14(2)3)10-11-19-17(18-4)21(6)13-15-9-8-12-20(15)5;/h8-9,12,14,16H,7,10-11,13H2,1-6H3,(H,18,19);1H. The number of hydrogen-bond acceptors (Lipinski definition) is 2. The molecule has 0 saturated heterocycles. The van der Waals surface area contributed by atoms with Crippen molar-refractivity contribution in [3.63, 3.8) is 0 Å². The van der Waals surface area contributed by atoms with Crippen molar-refractivity contribution in [3.05, 3.63) is 24.0 Å². The Kier molecular flexibility index (Phi) is 11.3. The van der Waals surface area contributed by atoms with Crippen LogP contribution in [-0.4, -0.2) is 48.8 Å². The maximum Gasteiger partial charge on any atom is 0.193 e. The molecule has 0 radical (unpaired) electrons. The summed E-state index contributed by atoms with van der Waals surface area (Å²) in [6, 6.07) is 4.20. The zero-order valence-electron chi connectivity index (χ0n) is 15.4. The molecule has 1 aromatic rings. The molecule has 5 nitrogen and oxygen atoms in total. The van der Waals surface area contributed by atoms with Crippen molar-refractivity contribution in [3.8, 4) is 0 Å². The van der Waals surface area contributed by atoms with Gasteiger partial charge in [0.15, 0.2) is 5.96 Å². The lowest BCUT2D eigenvalue weighted by Crippen LogP contribution is -2.40. The number of hydrogen-bond donors (Lipinski definition) is 1. The molecule has 0 aliphatic rings. The topological polar surface area (TPSA) is 41.8 Å². The molecule has 134 valence electrons. The fourth-order valence-corrected chi connectivity index (χ4v) is 2.51. The number of halogens is 1. The lowest BCUT2D eigenvalue weighted by Gasteiger charge is -2.25. The summed E-state index contributed by atoms with van der Waals surface area (Å²) in [5.74, 6) is 1.45. The molecular formula is C17H33IN4O. The Morgan fingerprint density at radius 2 is 2.13 bits per heavy atom. The Morgan fingerprint density at radius 1 is 1.43 bits per heavy atom. The molecule has 0 aromatic carbocycles. The Morgan fingerprint density at radius 3 is 2.61 bits per heavy atom. The van der Waals surface area contributed by atoms with Crippen LogP contribution in [0.2, 0.25) is 0 Å².